The second-order valence-electron chi connectivity index (χ2n) is 2.62. The van der Waals surface area contributed by atoms with Crippen LogP contribution in [0.25, 0.3) is 11.0 Å². The first-order valence-electron chi connectivity index (χ1n) is 3.76. The minimum Gasteiger partial charge on any atom is -0.354 e. The van der Waals surface area contributed by atoms with Gasteiger partial charge in [-0.25, -0.2) is 4.79 Å². The van der Waals surface area contributed by atoms with Gasteiger partial charge in [-0.3, -0.25) is 0 Å². The Morgan fingerprint density at radius 1 is 1.54 bits per heavy atom. The van der Waals surface area contributed by atoms with Gasteiger partial charge in [-0.05, 0) is 19.1 Å². The van der Waals surface area contributed by atoms with Crippen LogP contribution in [0.4, 0.5) is 5.69 Å². The van der Waals surface area contributed by atoms with Gasteiger partial charge >= 0.3 is 0 Å². The van der Waals surface area contributed by atoms with Crippen LogP contribution in [0.15, 0.2) is 27.7 Å². The predicted octanol–water partition coefficient (Wildman–Crippen LogP) is 2.10. The summed E-state index contributed by atoms with van der Waals surface area (Å²) in [5.41, 5.74) is 1.79. The zero-order valence-corrected chi connectivity index (χ0v) is 6.94. The van der Waals surface area contributed by atoms with E-state index >= 15 is 0 Å². The Balaban J connectivity index is 2.84. The second kappa shape index (κ2) is 2.84. The molecule has 1 aromatic heterocycles. The molecule has 0 saturated carbocycles. The quantitative estimate of drug-likeness (QED) is 0.491. The molecule has 0 N–H and O–H groups in total. The van der Waals surface area contributed by atoms with Crippen molar-refractivity contribution in [3.63, 3.8) is 0 Å². The standard InChI is InChI=1S/C9H6N2O2/c1-6-7-3-2-4-8(10-5-12)9(7)13-11-6/h2-4H,1H3. The SMILES string of the molecule is Cc1noc2c(N=C=O)cccc12. The molecule has 4 heteroatoms. The third-order valence-electron chi connectivity index (χ3n) is 1.82. The fraction of sp³-hybridized carbons (Fsp3) is 0.111. The maximum Gasteiger partial charge on any atom is 0.240 e. The highest BCUT2D eigenvalue weighted by Crippen LogP contribution is 2.27. The van der Waals surface area contributed by atoms with Crippen LogP contribution in [-0.2, 0) is 4.79 Å². The maximum absolute atomic E-state index is 10.1. The Morgan fingerprint density at radius 3 is 3.15 bits per heavy atom. The van der Waals surface area contributed by atoms with Crippen molar-refractivity contribution in [2.75, 3.05) is 0 Å². The molecule has 0 bridgehead atoms. The fourth-order valence-corrected chi connectivity index (χ4v) is 1.21. The third kappa shape index (κ3) is 1.13. The van der Waals surface area contributed by atoms with Gasteiger partial charge in [-0.2, -0.15) is 4.99 Å². The van der Waals surface area contributed by atoms with Gasteiger partial charge < -0.3 is 4.52 Å². The highest BCUT2D eigenvalue weighted by molar-refractivity contribution is 5.89. The molecule has 0 aliphatic heterocycles. The third-order valence-corrected chi connectivity index (χ3v) is 1.82. The molecule has 0 aliphatic carbocycles. The fourth-order valence-electron chi connectivity index (χ4n) is 1.21. The molecule has 1 aromatic carbocycles. The molecule has 0 aliphatic rings. The summed E-state index contributed by atoms with van der Waals surface area (Å²) in [7, 11) is 0. The van der Waals surface area contributed by atoms with E-state index < -0.39 is 0 Å². The number of carbonyl (C=O) groups excluding carboxylic acids is 1. The highest BCUT2D eigenvalue weighted by Gasteiger charge is 2.07. The lowest BCUT2D eigenvalue weighted by atomic mass is 10.2. The van der Waals surface area contributed by atoms with E-state index in [-0.39, 0.29) is 0 Å². The summed E-state index contributed by atoms with van der Waals surface area (Å²) < 4.78 is 5.01. The van der Waals surface area contributed by atoms with Crippen LogP contribution in [0.5, 0.6) is 0 Å². The number of aromatic nitrogens is 1. The number of hydrogen-bond acceptors (Lipinski definition) is 4. The summed E-state index contributed by atoms with van der Waals surface area (Å²) in [6, 6.07) is 5.34. The number of isocyanates is 1. The molecule has 0 fully saturated rings. The van der Waals surface area contributed by atoms with Crippen molar-refractivity contribution >= 4 is 22.7 Å². The van der Waals surface area contributed by atoms with Gasteiger partial charge in [0.2, 0.25) is 6.08 Å². The molecular weight excluding hydrogens is 168 g/mol. The van der Waals surface area contributed by atoms with Crippen LogP contribution < -0.4 is 0 Å². The van der Waals surface area contributed by atoms with Crippen LogP contribution in [0.1, 0.15) is 5.69 Å². The van der Waals surface area contributed by atoms with E-state index in [0.29, 0.717) is 11.3 Å². The Morgan fingerprint density at radius 2 is 2.38 bits per heavy atom. The lowest BCUT2D eigenvalue weighted by Crippen LogP contribution is -1.69. The van der Waals surface area contributed by atoms with Crippen LogP contribution >= 0.6 is 0 Å². The number of fused-ring (bicyclic) bond motifs is 1. The molecule has 0 amide bonds. The minimum absolute atomic E-state index is 0.466. The van der Waals surface area contributed by atoms with Crippen molar-refractivity contribution in [1.82, 2.24) is 5.16 Å². The first-order valence-corrected chi connectivity index (χ1v) is 3.76. The van der Waals surface area contributed by atoms with Gasteiger partial charge in [0.25, 0.3) is 0 Å². The summed E-state index contributed by atoms with van der Waals surface area (Å²) in [4.78, 5) is 13.6. The number of rotatable bonds is 1. The zero-order valence-electron chi connectivity index (χ0n) is 6.94. The molecule has 1 heterocycles. The summed E-state index contributed by atoms with van der Waals surface area (Å²) in [5.74, 6) is 0. The molecule has 0 unspecified atom stereocenters. The van der Waals surface area contributed by atoms with E-state index in [2.05, 4.69) is 10.1 Å². The van der Waals surface area contributed by atoms with E-state index in [1.54, 1.807) is 12.1 Å². The smallest absolute Gasteiger partial charge is 0.240 e. The zero-order chi connectivity index (χ0) is 9.26. The average Bonchev–Trinajstić information content (AvgIpc) is 2.50. The molecule has 0 radical (unpaired) electrons. The second-order valence-corrected chi connectivity index (χ2v) is 2.62. The monoisotopic (exact) mass is 174 g/mol. The van der Waals surface area contributed by atoms with Gasteiger partial charge in [-0.1, -0.05) is 11.2 Å². The van der Waals surface area contributed by atoms with Crippen molar-refractivity contribution in [1.29, 1.82) is 0 Å². The highest BCUT2D eigenvalue weighted by atomic mass is 16.5. The number of benzene rings is 1. The summed E-state index contributed by atoms with van der Waals surface area (Å²) in [6.07, 6.45) is 1.47. The van der Waals surface area contributed by atoms with E-state index in [1.165, 1.54) is 6.08 Å². The first-order chi connectivity index (χ1) is 6.33. The minimum atomic E-state index is 0.466. The molecule has 0 saturated heterocycles. The molecular formula is C9H6N2O2. The van der Waals surface area contributed by atoms with E-state index in [9.17, 15) is 4.79 Å². The predicted molar refractivity (Wildman–Crippen MR) is 46.5 cm³/mol. The molecule has 13 heavy (non-hydrogen) atoms. The number of nitrogens with zero attached hydrogens (tertiary/aromatic N) is 2. The first kappa shape index (κ1) is 7.71. The summed E-state index contributed by atoms with van der Waals surface area (Å²) in [6.45, 7) is 1.83. The molecule has 4 nitrogen and oxygen atoms in total. The normalized spacial score (nSPS) is 9.92. The van der Waals surface area contributed by atoms with Gasteiger partial charge in [0.15, 0.2) is 5.58 Å². The Labute approximate surface area is 73.9 Å². The van der Waals surface area contributed by atoms with Crippen LogP contribution in [0.2, 0.25) is 0 Å². The van der Waals surface area contributed by atoms with Crippen LogP contribution in [0.3, 0.4) is 0 Å². The van der Waals surface area contributed by atoms with E-state index in [4.69, 9.17) is 4.52 Å². The maximum atomic E-state index is 10.1. The van der Waals surface area contributed by atoms with Gasteiger partial charge in [0.05, 0.1) is 5.69 Å². The average molecular weight is 174 g/mol. The molecule has 2 rings (SSSR count). The van der Waals surface area contributed by atoms with Crippen molar-refractivity contribution in [3.8, 4) is 0 Å². The van der Waals surface area contributed by atoms with Gasteiger partial charge in [0, 0.05) is 5.39 Å². The van der Waals surface area contributed by atoms with Crippen molar-refractivity contribution in [3.05, 3.63) is 23.9 Å². The van der Waals surface area contributed by atoms with Crippen molar-refractivity contribution in [2.45, 2.75) is 6.92 Å². The topological polar surface area (TPSA) is 55.5 Å². The largest absolute Gasteiger partial charge is 0.354 e. The van der Waals surface area contributed by atoms with E-state index in [1.807, 2.05) is 13.0 Å². The van der Waals surface area contributed by atoms with E-state index in [0.717, 1.165) is 11.1 Å². The Bertz CT molecular complexity index is 495. The number of hydrogen-bond donors (Lipinski definition) is 0. The number of aryl methyl sites for hydroxylation is 1. The van der Waals surface area contributed by atoms with Gasteiger partial charge in [-0.15, -0.1) is 0 Å². The van der Waals surface area contributed by atoms with Gasteiger partial charge in [0.1, 0.15) is 5.69 Å². The molecule has 2 aromatic rings. The molecule has 0 atom stereocenters. The lowest BCUT2D eigenvalue weighted by Gasteiger charge is -1.89. The lowest BCUT2D eigenvalue weighted by molar-refractivity contribution is 0.451. The summed E-state index contributed by atoms with van der Waals surface area (Å²) >= 11 is 0. The molecule has 0 spiro atoms. The number of aliphatic imine (C=N–C) groups is 1. The van der Waals surface area contributed by atoms with Crippen molar-refractivity contribution in [2.24, 2.45) is 4.99 Å². The molecule has 64 valence electrons. The number of para-hydroxylation sites is 1. The van der Waals surface area contributed by atoms with Crippen LogP contribution in [-0.4, -0.2) is 11.2 Å². The van der Waals surface area contributed by atoms with Crippen LogP contribution in [0, 0.1) is 6.92 Å². The Hall–Kier alpha value is -1.93. The Kier molecular flexibility index (Phi) is 1.69. The summed E-state index contributed by atoms with van der Waals surface area (Å²) in [5, 5.41) is 4.65. The van der Waals surface area contributed by atoms with Crippen molar-refractivity contribution < 1.29 is 9.32 Å².